The molecule has 0 aliphatic heterocycles. The van der Waals surface area contributed by atoms with Gasteiger partial charge in [-0.1, -0.05) is 17.7 Å². The van der Waals surface area contributed by atoms with E-state index in [0.717, 1.165) is 11.3 Å². The fourth-order valence-corrected chi connectivity index (χ4v) is 1.73. The van der Waals surface area contributed by atoms with Gasteiger partial charge in [-0.25, -0.2) is 9.38 Å². The lowest BCUT2D eigenvalue weighted by Gasteiger charge is -2.03. The zero-order valence-electron chi connectivity index (χ0n) is 9.82. The van der Waals surface area contributed by atoms with Gasteiger partial charge in [-0.3, -0.25) is 0 Å². The molecule has 0 fully saturated rings. The predicted octanol–water partition coefficient (Wildman–Crippen LogP) is 3.93. The number of hydrogen-bond donors (Lipinski definition) is 1. The SMILES string of the molecule is Cc1ccc(N=C(N)c2ccc(Br)c(F)c2)cc1. The molecule has 2 rings (SSSR count). The number of rotatable bonds is 2. The van der Waals surface area contributed by atoms with Gasteiger partial charge in [-0.15, -0.1) is 0 Å². The van der Waals surface area contributed by atoms with Gasteiger partial charge in [0.1, 0.15) is 11.7 Å². The molecule has 2 N–H and O–H groups in total. The molecule has 0 atom stereocenters. The molecule has 2 aromatic rings. The van der Waals surface area contributed by atoms with Gasteiger partial charge in [0.2, 0.25) is 0 Å². The van der Waals surface area contributed by atoms with Crippen LogP contribution in [0.2, 0.25) is 0 Å². The van der Waals surface area contributed by atoms with Crippen molar-refractivity contribution >= 4 is 27.5 Å². The van der Waals surface area contributed by atoms with Crippen LogP contribution < -0.4 is 5.73 Å². The van der Waals surface area contributed by atoms with Crippen LogP contribution in [0.25, 0.3) is 0 Å². The molecule has 0 spiro atoms. The number of nitrogens with two attached hydrogens (primary N) is 1. The van der Waals surface area contributed by atoms with Gasteiger partial charge in [0.15, 0.2) is 0 Å². The Bertz CT molecular complexity index is 591. The first-order chi connectivity index (χ1) is 8.56. The third kappa shape index (κ3) is 2.96. The third-order valence-electron chi connectivity index (χ3n) is 2.50. The van der Waals surface area contributed by atoms with Gasteiger partial charge < -0.3 is 5.73 Å². The molecule has 0 aliphatic rings. The minimum absolute atomic E-state index is 0.297. The van der Waals surface area contributed by atoms with Crippen molar-refractivity contribution in [2.45, 2.75) is 6.92 Å². The molecule has 0 bridgehead atoms. The van der Waals surface area contributed by atoms with Crippen LogP contribution in [0.1, 0.15) is 11.1 Å². The first-order valence-corrected chi connectivity index (χ1v) is 6.22. The van der Waals surface area contributed by atoms with Crippen molar-refractivity contribution in [2.24, 2.45) is 10.7 Å². The Morgan fingerprint density at radius 1 is 1.17 bits per heavy atom. The average Bonchev–Trinajstić information content (AvgIpc) is 2.35. The van der Waals surface area contributed by atoms with Crippen LogP contribution in [-0.2, 0) is 0 Å². The number of nitrogens with zero attached hydrogens (tertiary/aromatic N) is 1. The van der Waals surface area contributed by atoms with Gasteiger partial charge in [-0.2, -0.15) is 0 Å². The number of hydrogen-bond acceptors (Lipinski definition) is 1. The zero-order chi connectivity index (χ0) is 13.1. The van der Waals surface area contributed by atoms with Crippen LogP contribution >= 0.6 is 15.9 Å². The topological polar surface area (TPSA) is 38.4 Å². The van der Waals surface area contributed by atoms with Crippen molar-refractivity contribution in [3.05, 3.63) is 63.9 Å². The Balaban J connectivity index is 2.32. The van der Waals surface area contributed by atoms with Crippen LogP contribution in [0.15, 0.2) is 51.9 Å². The quantitative estimate of drug-likeness (QED) is 0.662. The van der Waals surface area contributed by atoms with E-state index in [1.165, 1.54) is 6.07 Å². The summed E-state index contributed by atoms with van der Waals surface area (Å²) < 4.78 is 13.8. The summed E-state index contributed by atoms with van der Waals surface area (Å²) in [6.45, 7) is 2.00. The number of benzene rings is 2. The summed E-state index contributed by atoms with van der Waals surface area (Å²) in [6.07, 6.45) is 0. The number of halogens is 2. The molecule has 0 saturated carbocycles. The summed E-state index contributed by atoms with van der Waals surface area (Å²) in [5.74, 6) is -0.0557. The largest absolute Gasteiger partial charge is 0.383 e. The Morgan fingerprint density at radius 2 is 1.83 bits per heavy atom. The molecule has 0 aromatic heterocycles. The van der Waals surface area contributed by atoms with E-state index in [2.05, 4.69) is 20.9 Å². The lowest BCUT2D eigenvalue weighted by atomic mass is 10.2. The summed E-state index contributed by atoms with van der Waals surface area (Å²) in [5, 5.41) is 0. The fourth-order valence-electron chi connectivity index (χ4n) is 1.48. The minimum atomic E-state index is -0.352. The van der Waals surface area contributed by atoms with Crippen molar-refractivity contribution in [1.29, 1.82) is 0 Å². The van der Waals surface area contributed by atoms with E-state index in [1.807, 2.05) is 31.2 Å². The van der Waals surface area contributed by atoms with Crippen molar-refractivity contribution in [3.8, 4) is 0 Å². The molecule has 18 heavy (non-hydrogen) atoms. The van der Waals surface area contributed by atoms with E-state index < -0.39 is 0 Å². The number of aliphatic imine (C=N–C) groups is 1. The van der Waals surface area contributed by atoms with Crippen LogP contribution in [0.4, 0.5) is 10.1 Å². The Morgan fingerprint density at radius 3 is 2.44 bits per heavy atom. The summed E-state index contributed by atoms with van der Waals surface area (Å²) in [4.78, 5) is 4.25. The van der Waals surface area contributed by atoms with Gasteiger partial charge in [0.25, 0.3) is 0 Å². The minimum Gasteiger partial charge on any atom is -0.383 e. The predicted molar refractivity (Wildman–Crippen MR) is 75.7 cm³/mol. The summed E-state index contributed by atoms with van der Waals surface area (Å²) >= 11 is 3.10. The monoisotopic (exact) mass is 306 g/mol. The van der Waals surface area contributed by atoms with Crippen LogP contribution in [-0.4, -0.2) is 5.84 Å². The summed E-state index contributed by atoms with van der Waals surface area (Å²) in [5.41, 5.74) is 8.32. The maximum atomic E-state index is 13.4. The van der Waals surface area contributed by atoms with E-state index in [0.29, 0.717) is 15.9 Å². The standard InChI is InChI=1S/C14H12BrFN2/c1-9-2-5-11(6-3-9)18-14(17)10-4-7-12(15)13(16)8-10/h2-8H,1H3,(H2,17,18). The van der Waals surface area contributed by atoms with E-state index in [9.17, 15) is 4.39 Å². The highest BCUT2D eigenvalue weighted by Crippen LogP contribution is 2.18. The van der Waals surface area contributed by atoms with E-state index in [1.54, 1.807) is 12.1 Å². The van der Waals surface area contributed by atoms with Crippen LogP contribution in [0, 0.1) is 12.7 Å². The van der Waals surface area contributed by atoms with Crippen LogP contribution in [0.5, 0.6) is 0 Å². The highest BCUT2D eigenvalue weighted by molar-refractivity contribution is 9.10. The highest BCUT2D eigenvalue weighted by atomic mass is 79.9. The number of aryl methyl sites for hydroxylation is 1. The molecule has 2 aromatic carbocycles. The first kappa shape index (κ1) is 12.8. The van der Waals surface area contributed by atoms with Gasteiger partial charge in [0.05, 0.1) is 10.2 Å². The van der Waals surface area contributed by atoms with Crippen molar-refractivity contribution in [1.82, 2.24) is 0 Å². The lowest BCUT2D eigenvalue weighted by molar-refractivity contribution is 0.621. The zero-order valence-corrected chi connectivity index (χ0v) is 11.4. The Kier molecular flexibility index (Phi) is 3.77. The highest BCUT2D eigenvalue weighted by Gasteiger charge is 2.04. The van der Waals surface area contributed by atoms with Crippen LogP contribution in [0.3, 0.4) is 0 Å². The first-order valence-electron chi connectivity index (χ1n) is 5.42. The molecule has 2 nitrogen and oxygen atoms in total. The smallest absolute Gasteiger partial charge is 0.138 e. The molecular weight excluding hydrogens is 295 g/mol. The second-order valence-electron chi connectivity index (χ2n) is 3.96. The summed E-state index contributed by atoms with van der Waals surface area (Å²) in [7, 11) is 0. The maximum Gasteiger partial charge on any atom is 0.138 e. The molecule has 0 amide bonds. The Hall–Kier alpha value is -1.68. The second kappa shape index (κ2) is 5.31. The Labute approximate surface area is 113 Å². The molecular formula is C14H12BrFN2. The normalized spacial score (nSPS) is 11.6. The molecule has 4 heteroatoms. The average molecular weight is 307 g/mol. The van der Waals surface area contributed by atoms with E-state index in [4.69, 9.17) is 5.73 Å². The molecule has 0 unspecified atom stereocenters. The molecule has 0 radical (unpaired) electrons. The summed E-state index contributed by atoms with van der Waals surface area (Å²) in [6, 6.07) is 12.3. The second-order valence-corrected chi connectivity index (χ2v) is 4.82. The fraction of sp³-hybridized carbons (Fsp3) is 0.0714. The van der Waals surface area contributed by atoms with Gasteiger partial charge >= 0.3 is 0 Å². The van der Waals surface area contributed by atoms with Gasteiger partial charge in [-0.05, 0) is 53.2 Å². The van der Waals surface area contributed by atoms with E-state index in [-0.39, 0.29) is 5.82 Å². The molecule has 0 saturated heterocycles. The number of amidine groups is 1. The lowest BCUT2D eigenvalue weighted by Crippen LogP contribution is -2.13. The molecule has 0 aliphatic carbocycles. The van der Waals surface area contributed by atoms with E-state index >= 15 is 0 Å². The van der Waals surface area contributed by atoms with Crippen molar-refractivity contribution in [3.63, 3.8) is 0 Å². The third-order valence-corrected chi connectivity index (χ3v) is 3.14. The molecule has 0 heterocycles. The van der Waals surface area contributed by atoms with Crippen molar-refractivity contribution in [2.75, 3.05) is 0 Å². The molecule has 92 valence electrons. The van der Waals surface area contributed by atoms with Gasteiger partial charge in [0, 0.05) is 5.56 Å². The maximum absolute atomic E-state index is 13.4. The van der Waals surface area contributed by atoms with Crippen molar-refractivity contribution < 1.29 is 4.39 Å².